The minimum atomic E-state index is -1.88. The summed E-state index contributed by atoms with van der Waals surface area (Å²) in [4.78, 5) is 24.9. The maximum atomic E-state index is 13.5. The molecule has 1 fully saturated rings. The van der Waals surface area contributed by atoms with Crippen LogP contribution in [0.25, 0.3) is 0 Å². The smallest absolute Gasteiger partial charge is 0.333 e. The number of rotatable bonds is 9. The fourth-order valence-corrected chi connectivity index (χ4v) is 10.8. The zero-order valence-corrected chi connectivity index (χ0v) is 52.3. The van der Waals surface area contributed by atoms with Gasteiger partial charge in [0.15, 0.2) is 6.29 Å². The Morgan fingerprint density at radius 2 is 1.24 bits per heavy atom. The number of aliphatic hydroxyl groups excluding tert-OH is 17. The molecule has 2 aliphatic rings. The Kier molecular flexibility index (Phi) is 36.6. The number of allylic oxidation sites excluding steroid dienone is 2. The van der Waals surface area contributed by atoms with Crippen molar-refractivity contribution >= 4 is 11.9 Å². The standard InChI is InChI=1S/C63H111NO22/c1-33-16-11-12-20-49(73)39(7)57(78)34(2)17-13-18-36(4)62(83)84-53(38(6)48(72)21-15-25-64-42(10)66)22-14-19-43(67)27-44(68)29-50(74)40(8)58(79)41(9)51(75)30-45(69)28-46(70)31-52(76)54(26-37(5)56(77)35(3)23-24-47(33)71)85-63-61(82)60(81)59(80)55(32-65)86-63/h11,14,16,18-19,23-24,26,33-35,38-41,43-61,63,65,67-82H,12-13,15,17,20-22,25,27-32H2,1-10H3,(H,64,66)/t33?,34?,35?,38?,39?,40?,41?,43?,44?,45?,46?,47?,48?,49?,50?,51?,52?,53?,54?,55-,56?,57?,58?,59-,60+,61+,63+/m1/s1. The van der Waals surface area contributed by atoms with Crippen LogP contribution in [0.15, 0.2) is 59.8 Å². The average molecular weight is 1230 g/mol. The first kappa shape index (κ1) is 79.0. The lowest BCUT2D eigenvalue weighted by molar-refractivity contribution is -0.313. The van der Waals surface area contributed by atoms with E-state index in [4.69, 9.17) is 14.2 Å². The molecule has 2 heterocycles. The molecule has 1 saturated heterocycles. The van der Waals surface area contributed by atoms with E-state index in [2.05, 4.69) is 5.32 Å². The summed E-state index contributed by atoms with van der Waals surface area (Å²) in [5.74, 6) is -5.22. The maximum absolute atomic E-state index is 13.5. The van der Waals surface area contributed by atoms with Crippen molar-refractivity contribution in [1.29, 1.82) is 0 Å². The Hall–Kier alpha value is -3.12. The zero-order valence-electron chi connectivity index (χ0n) is 52.3. The number of ether oxygens (including phenoxy) is 3. The van der Waals surface area contributed by atoms with Gasteiger partial charge in [-0.15, -0.1) is 0 Å². The van der Waals surface area contributed by atoms with Crippen LogP contribution in [0.4, 0.5) is 0 Å². The number of hydrogen-bond donors (Lipinski definition) is 18. The molecule has 0 spiro atoms. The van der Waals surface area contributed by atoms with Crippen LogP contribution in [0, 0.1) is 41.4 Å². The largest absolute Gasteiger partial charge is 0.458 e. The zero-order chi connectivity index (χ0) is 65.3. The van der Waals surface area contributed by atoms with Crippen molar-refractivity contribution in [3.8, 4) is 0 Å². The average Bonchev–Trinajstić information content (AvgIpc) is 2.56. The third-order valence-corrected chi connectivity index (χ3v) is 17.4. The number of carbonyl (C=O) groups is 2. The summed E-state index contributed by atoms with van der Waals surface area (Å²) in [6, 6.07) is 0. The second-order valence-corrected chi connectivity index (χ2v) is 24.9. The van der Waals surface area contributed by atoms with Gasteiger partial charge in [-0.1, -0.05) is 97.1 Å². The number of hydrogen-bond acceptors (Lipinski definition) is 22. The fourth-order valence-electron chi connectivity index (χ4n) is 10.8. The van der Waals surface area contributed by atoms with Crippen molar-refractivity contribution in [1.82, 2.24) is 5.32 Å². The molecule has 0 radical (unpaired) electrons. The van der Waals surface area contributed by atoms with Gasteiger partial charge in [0, 0.05) is 73.8 Å². The molecule has 27 atom stereocenters. The predicted octanol–water partition coefficient (Wildman–Crippen LogP) is 0.620. The molecular formula is C63H111NO22. The van der Waals surface area contributed by atoms with Crippen molar-refractivity contribution in [2.45, 2.75) is 269 Å². The molecule has 23 nitrogen and oxygen atoms in total. The van der Waals surface area contributed by atoms with Gasteiger partial charge in [-0.3, -0.25) is 4.79 Å². The van der Waals surface area contributed by atoms with Gasteiger partial charge in [0.2, 0.25) is 5.91 Å². The van der Waals surface area contributed by atoms with Crippen molar-refractivity contribution < 1.29 is 111 Å². The van der Waals surface area contributed by atoms with E-state index in [9.17, 15) is 96.4 Å². The van der Waals surface area contributed by atoms with E-state index < -0.39 is 183 Å². The van der Waals surface area contributed by atoms with Gasteiger partial charge >= 0.3 is 5.97 Å². The van der Waals surface area contributed by atoms with Gasteiger partial charge in [0.25, 0.3) is 0 Å². The molecule has 18 N–H and O–H groups in total. The van der Waals surface area contributed by atoms with Gasteiger partial charge in [-0.2, -0.15) is 0 Å². The van der Waals surface area contributed by atoms with Crippen LogP contribution in [0.1, 0.15) is 146 Å². The van der Waals surface area contributed by atoms with Crippen LogP contribution in [-0.2, 0) is 23.8 Å². The second-order valence-electron chi connectivity index (χ2n) is 24.9. The third-order valence-electron chi connectivity index (χ3n) is 17.4. The number of aliphatic hydroxyl groups is 17. The van der Waals surface area contributed by atoms with Crippen LogP contribution in [-0.4, -0.2) is 234 Å². The first-order valence-corrected chi connectivity index (χ1v) is 30.8. The number of nitrogens with one attached hydrogen (secondary N) is 1. The summed E-state index contributed by atoms with van der Waals surface area (Å²) in [6.45, 7) is 15.8. The molecule has 0 saturated carbocycles. The van der Waals surface area contributed by atoms with Crippen LogP contribution < -0.4 is 5.32 Å². The minimum absolute atomic E-state index is 0.0573. The molecule has 500 valence electrons. The summed E-state index contributed by atoms with van der Waals surface area (Å²) in [7, 11) is 0. The van der Waals surface area contributed by atoms with Crippen LogP contribution in [0.2, 0.25) is 0 Å². The van der Waals surface area contributed by atoms with E-state index in [1.54, 1.807) is 58.9 Å². The highest BCUT2D eigenvalue weighted by Gasteiger charge is 2.46. The molecule has 0 aromatic heterocycles. The number of amides is 1. The van der Waals surface area contributed by atoms with E-state index >= 15 is 0 Å². The Balaban J connectivity index is 2.45. The monoisotopic (exact) mass is 1230 g/mol. The first-order chi connectivity index (χ1) is 40.2. The van der Waals surface area contributed by atoms with E-state index in [0.29, 0.717) is 38.6 Å². The maximum Gasteiger partial charge on any atom is 0.333 e. The topological polar surface area (TPSA) is 418 Å². The quantitative estimate of drug-likeness (QED) is 0.0855. The molecule has 0 bridgehead atoms. The predicted molar refractivity (Wildman–Crippen MR) is 320 cm³/mol. The molecular weight excluding hydrogens is 1120 g/mol. The Morgan fingerprint density at radius 1 is 0.663 bits per heavy atom. The van der Waals surface area contributed by atoms with Crippen LogP contribution in [0.3, 0.4) is 0 Å². The molecule has 0 aliphatic carbocycles. The van der Waals surface area contributed by atoms with Gasteiger partial charge < -0.3 is 106 Å². The van der Waals surface area contributed by atoms with Crippen molar-refractivity contribution in [2.24, 2.45) is 41.4 Å². The van der Waals surface area contributed by atoms with Gasteiger partial charge in [0.1, 0.15) is 36.6 Å². The van der Waals surface area contributed by atoms with Crippen LogP contribution in [0.5, 0.6) is 0 Å². The molecule has 86 heavy (non-hydrogen) atoms. The summed E-state index contributed by atoms with van der Waals surface area (Å²) < 4.78 is 17.4. The fraction of sp³-hybridized carbons (Fsp3) is 0.810. The van der Waals surface area contributed by atoms with E-state index in [-0.39, 0.29) is 55.1 Å². The number of carbonyl (C=O) groups excluding carboxylic acids is 2. The Bertz CT molecular complexity index is 2070. The lowest BCUT2D eigenvalue weighted by Crippen LogP contribution is -2.60. The third kappa shape index (κ3) is 27.1. The first-order valence-electron chi connectivity index (χ1n) is 30.8. The molecule has 2 rings (SSSR count). The lowest BCUT2D eigenvalue weighted by Gasteiger charge is -2.41. The minimum Gasteiger partial charge on any atom is -0.458 e. The molecule has 22 unspecified atom stereocenters. The van der Waals surface area contributed by atoms with Crippen molar-refractivity contribution in [3.63, 3.8) is 0 Å². The second kappa shape index (κ2) is 39.9. The molecule has 0 aromatic rings. The SMILES string of the molecule is CC(=O)NCCCC(O)C(C)C1CC=CC(O)CC(O)CC(O)C(C)C(O)C(C)C(O)CC(O)CC(O)CC(O)C(O[C@H]2O[C@H](CO)[C@@H](O)[C@H](O)[C@@H]2O)C=C(C)C(O)C(C)C=CC(O)C(C)C=CCCC(O)C(C)C(O)C(C)CCC=C(C)C(=O)O1. The summed E-state index contributed by atoms with van der Waals surface area (Å²) in [6.07, 6.45) is -13.9. The summed E-state index contributed by atoms with van der Waals surface area (Å²) >= 11 is 0. The van der Waals surface area contributed by atoms with E-state index in [1.807, 2.05) is 13.0 Å². The highest BCUT2D eigenvalue weighted by Crippen LogP contribution is 2.30. The highest BCUT2D eigenvalue weighted by molar-refractivity contribution is 5.87. The summed E-state index contributed by atoms with van der Waals surface area (Å²) in [5.41, 5.74) is 0.505. The van der Waals surface area contributed by atoms with E-state index in [0.717, 1.165) is 0 Å². The number of cyclic esters (lactones) is 1. The Labute approximate surface area is 509 Å². The summed E-state index contributed by atoms with van der Waals surface area (Å²) in [5, 5.41) is 189. The van der Waals surface area contributed by atoms with Gasteiger partial charge in [0.05, 0.1) is 86.0 Å². The molecule has 1 amide bonds. The molecule has 23 heteroatoms. The molecule has 0 aromatic carbocycles. The van der Waals surface area contributed by atoms with Gasteiger partial charge in [-0.25, -0.2) is 4.79 Å². The number of esters is 1. The normalized spacial score (nSPS) is 40.6. The lowest BCUT2D eigenvalue weighted by atomic mass is 9.82. The van der Waals surface area contributed by atoms with Gasteiger partial charge in [-0.05, 0) is 83.1 Å². The van der Waals surface area contributed by atoms with E-state index in [1.165, 1.54) is 45.9 Å². The molecule has 2 aliphatic heterocycles. The van der Waals surface area contributed by atoms with Crippen molar-refractivity contribution in [2.75, 3.05) is 13.2 Å². The van der Waals surface area contributed by atoms with Crippen LogP contribution >= 0.6 is 0 Å². The Morgan fingerprint density at radius 3 is 1.84 bits per heavy atom. The van der Waals surface area contributed by atoms with Crippen molar-refractivity contribution in [3.05, 3.63) is 59.8 Å². The highest BCUT2D eigenvalue weighted by atomic mass is 16.7.